The highest BCUT2D eigenvalue weighted by molar-refractivity contribution is 6.07. The van der Waals surface area contributed by atoms with Crippen LogP contribution in [0.5, 0.6) is 17.4 Å². The number of rotatable bonds is 6. The second-order valence-electron chi connectivity index (χ2n) is 5.60. The fraction of sp³-hybridized carbons (Fsp3) is 0.0952. The molecule has 0 aliphatic carbocycles. The number of aryl methyl sites for hydroxylation is 1. The lowest BCUT2D eigenvalue weighted by molar-refractivity contribution is 0.104. The van der Waals surface area contributed by atoms with Crippen molar-refractivity contribution in [1.82, 2.24) is 9.97 Å². The number of ketones is 1. The fourth-order valence-electron chi connectivity index (χ4n) is 2.41. The number of benzene rings is 2. The van der Waals surface area contributed by atoms with E-state index in [0.29, 0.717) is 17.2 Å². The van der Waals surface area contributed by atoms with Gasteiger partial charge in [0.05, 0.1) is 13.3 Å². The molecule has 0 aliphatic rings. The largest absolute Gasteiger partial charge is 0.496 e. The van der Waals surface area contributed by atoms with Gasteiger partial charge in [0.25, 0.3) is 0 Å². The highest BCUT2D eigenvalue weighted by Crippen LogP contribution is 2.21. The number of methoxy groups -OCH3 is 1. The molecule has 0 aliphatic heterocycles. The van der Waals surface area contributed by atoms with Crippen molar-refractivity contribution >= 4 is 11.9 Å². The van der Waals surface area contributed by atoms with Crippen molar-refractivity contribution < 1.29 is 14.3 Å². The van der Waals surface area contributed by atoms with Gasteiger partial charge in [-0.05, 0) is 54.5 Å². The zero-order chi connectivity index (χ0) is 18.4. The van der Waals surface area contributed by atoms with Crippen LogP contribution in [-0.2, 0) is 0 Å². The van der Waals surface area contributed by atoms with E-state index in [4.69, 9.17) is 9.47 Å². The zero-order valence-electron chi connectivity index (χ0n) is 14.5. The number of hydrogen-bond acceptors (Lipinski definition) is 5. The molecule has 2 aromatic carbocycles. The number of aromatic nitrogens is 2. The van der Waals surface area contributed by atoms with Crippen molar-refractivity contribution in [2.45, 2.75) is 6.92 Å². The summed E-state index contributed by atoms with van der Waals surface area (Å²) in [5, 5.41) is 0. The van der Waals surface area contributed by atoms with E-state index in [9.17, 15) is 4.79 Å². The topological polar surface area (TPSA) is 61.3 Å². The van der Waals surface area contributed by atoms with Crippen molar-refractivity contribution in [3.63, 3.8) is 0 Å². The third kappa shape index (κ3) is 4.33. The minimum absolute atomic E-state index is 0.0596. The van der Waals surface area contributed by atoms with Crippen molar-refractivity contribution in [3.05, 3.63) is 83.8 Å². The molecule has 3 rings (SSSR count). The van der Waals surface area contributed by atoms with Gasteiger partial charge in [-0.1, -0.05) is 18.2 Å². The van der Waals surface area contributed by atoms with Crippen LogP contribution in [0.3, 0.4) is 0 Å². The van der Waals surface area contributed by atoms with Crippen LogP contribution in [0.4, 0.5) is 0 Å². The monoisotopic (exact) mass is 346 g/mol. The summed E-state index contributed by atoms with van der Waals surface area (Å²) in [5.41, 5.74) is 2.45. The summed E-state index contributed by atoms with van der Waals surface area (Å²) in [6.45, 7) is 1.91. The lowest BCUT2D eigenvalue weighted by atomic mass is 10.1. The molecule has 0 atom stereocenters. The van der Waals surface area contributed by atoms with E-state index in [-0.39, 0.29) is 5.78 Å². The normalized spacial score (nSPS) is 10.7. The lowest BCUT2D eigenvalue weighted by Crippen LogP contribution is -1.96. The Hall–Kier alpha value is -3.47. The van der Waals surface area contributed by atoms with Gasteiger partial charge < -0.3 is 9.47 Å². The Morgan fingerprint density at radius 3 is 2.54 bits per heavy atom. The molecule has 0 saturated carbocycles. The van der Waals surface area contributed by atoms with Gasteiger partial charge >= 0.3 is 0 Å². The summed E-state index contributed by atoms with van der Waals surface area (Å²) in [5.74, 6) is 1.79. The molecule has 130 valence electrons. The molecule has 0 amide bonds. The standard InChI is InChI=1S/C21H18N2O3/c1-15-13-17(6-10-20(15)25-2)19(24)9-5-16-3-7-18(8-4-16)26-21-14-22-11-12-23-21/h3-14H,1-2H3/b9-5+. The summed E-state index contributed by atoms with van der Waals surface area (Å²) < 4.78 is 10.8. The number of hydrogen-bond donors (Lipinski definition) is 0. The number of allylic oxidation sites excluding steroid dienone is 1. The molecule has 26 heavy (non-hydrogen) atoms. The number of carbonyl (C=O) groups is 1. The third-order valence-electron chi connectivity index (χ3n) is 3.75. The van der Waals surface area contributed by atoms with E-state index < -0.39 is 0 Å². The van der Waals surface area contributed by atoms with Crippen LogP contribution in [0.2, 0.25) is 0 Å². The first-order valence-electron chi connectivity index (χ1n) is 8.07. The summed E-state index contributed by atoms with van der Waals surface area (Å²) in [4.78, 5) is 20.3. The second-order valence-corrected chi connectivity index (χ2v) is 5.60. The van der Waals surface area contributed by atoms with Gasteiger partial charge in [0.2, 0.25) is 5.88 Å². The van der Waals surface area contributed by atoms with E-state index in [2.05, 4.69) is 9.97 Å². The van der Waals surface area contributed by atoms with Gasteiger partial charge in [-0.25, -0.2) is 4.98 Å². The maximum atomic E-state index is 12.3. The Morgan fingerprint density at radius 1 is 1.08 bits per heavy atom. The Bertz CT molecular complexity index is 920. The third-order valence-corrected chi connectivity index (χ3v) is 3.75. The molecule has 0 saturated heterocycles. The maximum absolute atomic E-state index is 12.3. The van der Waals surface area contributed by atoms with Crippen LogP contribution < -0.4 is 9.47 Å². The van der Waals surface area contributed by atoms with E-state index in [1.165, 1.54) is 0 Å². The SMILES string of the molecule is COc1ccc(C(=O)/C=C/c2ccc(Oc3cnccn3)cc2)cc1C. The first kappa shape index (κ1) is 17.4. The van der Waals surface area contributed by atoms with Gasteiger partial charge in [0.1, 0.15) is 11.5 Å². The van der Waals surface area contributed by atoms with Gasteiger partial charge in [-0.2, -0.15) is 0 Å². The molecule has 5 heteroatoms. The average molecular weight is 346 g/mol. The molecule has 0 fully saturated rings. The molecular weight excluding hydrogens is 328 g/mol. The van der Waals surface area contributed by atoms with Crippen LogP contribution in [0.15, 0.2) is 67.1 Å². The quantitative estimate of drug-likeness (QED) is 0.486. The van der Waals surface area contributed by atoms with Crippen molar-refractivity contribution in [2.24, 2.45) is 0 Å². The Morgan fingerprint density at radius 2 is 1.88 bits per heavy atom. The highest BCUT2D eigenvalue weighted by atomic mass is 16.5. The highest BCUT2D eigenvalue weighted by Gasteiger charge is 2.05. The molecule has 1 heterocycles. The maximum Gasteiger partial charge on any atom is 0.237 e. The average Bonchev–Trinajstić information content (AvgIpc) is 2.68. The fourth-order valence-corrected chi connectivity index (χ4v) is 2.41. The first-order valence-corrected chi connectivity index (χ1v) is 8.07. The minimum Gasteiger partial charge on any atom is -0.496 e. The Kier molecular flexibility index (Phi) is 5.39. The summed E-state index contributed by atoms with van der Waals surface area (Å²) in [7, 11) is 1.61. The predicted molar refractivity (Wildman–Crippen MR) is 99.6 cm³/mol. The van der Waals surface area contributed by atoms with Crippen LogP contribution in [-0.4, -0.2) is 22.9 Å². The smallest absolute Gasteiger partial charge is 0.237 e. The summed E-state index contributed by atoms with van der Waals surface area (Å²) in [6.07, 6.45) is 8.03. The van der Waals surface area contributed by atoms with Crippen molar-refractivity contribution in [3.8, 4) is 17.4 Å². The first-order chi connectivity index (χ1) is 12.7. The minimum atomic E-state index is -0.0596. The van der Waals surface area contributed by atoms with Gasteiger partial charge in [0.15, 0.2) is 5.78 Å². The van der Waals surface area contributed by atoms with Crippen LogP contribution >= 0.6 is 0 Å². The number of ether oxygens (including phenoxy) is 2. The van der Waals surface area contributed by atoms with Crippen LogP contribution in [0, 0.1) is 6.92 Å². The number of carbonyl (C=O) groups excluding carboxylic acids is 1. The lowest BCUT2D eigenvalue weighted by Gasteiger charge is -2.05. The zero-order valence-corrected chi connectivity index (χ0v) is 14.5. The van der Waals surface area contributed by atoms with Crippen LogP contribution in [0.1, 0.15) is 21.5 Å². The molecule has 5 nitrogen and oxygen atoms in total. The molecule has 0 unspecified atom stereocenters. The summed E-state index contributed by atoms with van der Waals surface area (Å²) in [6, 6.07) is 12.8. The molecule has 0 bridgehead atoms. The van der Waals surface area contributed by atoms with Crippen LogP contribution in [0.25, 0.3) is 6.08 Å². The molecule has 1 aromatic heterocycles. The van der Waals surface area contributed by atoms with Gasteiger partial charge in [-0.3, -0.25) is 9.78 Å². The molecule has 0 N–H and O–H groups in total. The molecule has 3 aromatic rings. The van der Waals surface area contributed by atoms with Crippen molar-refractivity contribution in [2.75, 3.05) is 7.11 Å². The molecular formula is C21H18N2O3. The Labute approximate surface area is 152 Å². The predicted octanol–water partition coefficient (Wildman–Crippen LogP) is 4.48. The summed E-state index contributed by atoms with van der Waals surface area (Å²) >= 11 is 0. The second kappa shape index (κ2) is 8.07. The van der Waals surface area contributed by atoms with Gasteiger partial charge in [0, 0.05) is 18.0 Å². The van der Waals surface area contributed by atoms with E-state index in [0.717, 1.165) is 16.9 Å². The van der Waals surface area contributed by atoms with E-state index in [1.54, 1.807) is 50.0 Å². The molecule has 0 spiro atoms. The van der Waals surface area contributed by atoms with Gasteiger partial charge in [-0.15, -0.1) is 0 Å². The Balaban J connectivity index is 1.66. The number of nitrogens with zero attached hydrogens (tertiary/aromatic N) is 2. The van der Waals surface area contributed by atoms with E-state index in [1.807, 2.05) is 37.3 Å². The van der Waals surface area contributed by atoms with E-state index >= 15 is 0 Å². The molecule has 0 radical (unpaired) electrons. The van der Waals surface area contributed by atoms with Crippen molar-refractivity contribution in [1.29, 1.82) is 0 Å².